The first kappa shape index (κ1) is 17.2. The van der Waals surface area contributed by atoms with Crippen molar-refractivity contribution in [2.75, 3.05) is 36.8 Å². The molecule has 0 aliphatic rings. The zero-order valence-corrected chi connectivity index (χ0v) is 12.7. The van der Waals surface area contributed by atoms with Crippen LogP contribution in [0.25, 0.3) is 0 Å². The lowest BCUT2D eigenvalue weighted by molar-refractivity contribution is -0.120. The quantitative estimate of drug-likeness (QED) is 0.539. The van der Waals surface area contributed by atoms with Gasteiger partial charge in [-0.1, -0.05) is 0 Å². The van der Waals surface area contributed by atoms with E-state index in [0.717, 1.165) is 0 Å². The Morgan fingerprint density at radius 1 is 1.09 bits per heavy atom. The molecule has 8 nitrogen and oxygen atoms in total. The van der Waals surface area contributed by atoms with Crippen molar-refractivity contribution in [2.45, 2.75) is 13.8 Å². The Kier molecular flexibility index (Phi) is 7.19. The van der Waals surface area contributed by atoms with Crippen LogP contribution < -0.4 is 21.3 Å². The van der Waals surface area contributed by atoms with E-state index in [1.807, 2.05) is 19.9 Å². The molecule has 4 N–H and O–H groups in total. The van der Waals surface area contributed by atoms with Crippen molar-refractivity contribution < 1.29 is 9.59 Å². The van der Waals surface area contributed by atoms with Gasteiger partial charge >= 0.3 is 0 Å². The van der Waals surface area contributed by atoms with Crippen molar-refractivity contribution in [3.63, 3.8) is 0 Å². The molecule has 0 atom stereocenters. The zero-order chi connectivity index (χ0) is 16.4. The van der Waals surface area contributed by atoms with Gasteiger partial charge in [-0.05, 0) is 26.0 Å². The first-order chi connectivity index (χ1) is 10.6. The summed E-state index contributed by atoms with van der Waals surface area (Å²) in [4.78, 5) is 27.0. The predicted molar refractivity (Wildman–Crippen MR) is 83.3 cm³/mol. The lowest BCUT2D eigenvalue weighted by Gasteiger charge is -2.10. The molecule has 8 heteroatoms. The third-order valence-electron chi connectivity index (χ3n) is 2.61. The molecule has 0 saturated carbocycles. The summed E-state index contributed by atoms with van der Waals surface area (Å²) in [6.07, 6.45) is 0. The number of aromatic nitrogens is 1. The molecule has 0 aromatic carbocycles. The number of likely N-dealkylation sites (N-methyl/N-ethyl adjacent to an activating group) is 2. The molecule has 1 aromatic heterocycles. The van der Waals surface area contributed by atoms with E-state index in [2.05, 4.69) is 26.3 Å². The number of nitriles is 1. The highest BCUT2D eigenvalue weighted by Crippen LogP contribution is 2.15. The van der Waals surface area contributed by atoms with Crippen molar-refractivity contribution >= 4 is 23.5 Å². The Balaban J connectivity index is 2.70. The summed E-state index contributed by atoms with van der Waals surface area (Å²) >= 11 is 0. The first-order valence-electron chi connectivity index (χ1n) is 7.03. The number of carbonyl (C=O) groups excluding carboxylic acids is 2. The molecule has 118 valence electrons. The molecule has 0 aliphatic heterocycles. The Labute approximate surface area is 129 Å². The standard InChI is InChI=1S/C14H20N6O2/c1-3-16-12(21)8-18-11-6-5-10(7-15)14(20-11)19-9-13(22)17-4-2/h5-6H,3-4,8-9H2,1-2H3,(H,16,21)(H,17,22)(H2,18,19,20). The van der Waals surface area contributed by atoms with Gasteiger partial charge in [0, 0.05) is 13.1 Å². The average Bonchev–Trinajstić information content (AvgIpc) is 2.51. The van der Waals surface area contributed by atoms with Gasteiger partial charge in [0.2, 0.25) is 11.8 Å². The molecule has 0 fully saturated rings. The minimum atomic E-state index is -0.186. The highest BCUT2D eigenvalue weighted by atomic mass is 16.2. The van der Waals surface area contributed by atoms with Gasteiger partial charge in [-0.15, -0.1) is 0 Å². The highest BCUT2D eigenvalue weighted by molar-refractivity contribution is 5.81. The van der Waals surface area contributed by atoms with E-state index in [0.29, 0.717) is 30.3 Å². The molecule has 0 aliphatic carbocycles. The Bertz CT molecular complexity index is 567. The van der Waals surface area contributed by atoms with Crippen LogP contribution >= 0.6 is 0 Å². The summed E-state index contributed by atoms with van der Waals surface area (Å²) in [6.45, 7) is 4.86. The van der Waals surface area contributed by atoms with Gasteiger partial charge in [0.25, 0.3) is 0 Å². The number of rotatable bonds is 8. The molecule has 1 aromatic rings. The predicted octanol–water partition coefficient (Wildman–Crippen LogP) is 0.0493. The fraction of sp³-hybridized carbons (Fsp3) is 0.429. The number of pyridine rings is 1. The van der Waals surface area contributed by atoms with Gasteiger partial charge in [-0.2, -0.15) is 5.26 Å². The fourth-order valence-corrected chi connectivity index (χ4v) is 1.64. The SMILES string of the molecule is CCNC(=O)CNc1ccc(C#N)c(NCC(=O)NCC)n1. The third-order valence-corrected chi connectivity index (χ3v) is 2.61. The summed E-state index contributed by atoms with van der Waals surface area (Å²) in [5, 5.41) is 20.0. The second kappa shape index (κ2) is 9.18. The number of anilines is 2. The highest BCUT2D eigenvalue weighted by Gasteiger charge is 2.08. The summed E-state index contributed by atoms with van der Waals surface area (Å²) in [7, 11) is 0. The van der Waals surface area contributed by atoms with E-state index in [4.69, 9.17) is 5.26 Å². The summed E-state index contributed by atoms with van der Waals surface area (Å²) in [5.41, 5.74) is 0.327. The van der Waals surface area contributed by atoms with E-state index in [1.54, 1.807) is 12.1 Å². The van der Waals surface area contributed by atoms with Crippen LogP contribution in [0.1, 0.15) is 19.4 Å². The molecular formula is C14H20N6O2. The maximum Gasteiger partial charge on any atom is 0.239 e. The lowest BCUT2D eigenvalue weighted by atomic mass is 10.2. The van der Waals surface area contributed by atoms with Crippen molar-refractivity contribution in [3.05, 3.63) is 17.7 Å². The largest absolute Gasteiger partial charge is 0.361 e. The molecule has 1 rings (SSSR count). The van der Waals surface area contributed by atoms with Crippen molar-refractivity contribution in [3.8, 4) is 6.07 Å². The minimum Gasteiger partial charge on any atom is -0.361 e. The number of carbonyl (C=O) groups is 2. The van der Waals surface area contributed by atoms with Crippen molar-refractivity contribution in [1.29, 1.82) is 5.26 Å². The number of hydrogen-bond donors (Lipinski definition) is 4. The van der Waals surface area contributed by atoms with Crippen LogP contribution in [0.15, 0.2) is 12.1 Å². The average molecular weight is 304 g/mol. The van der Waals surface area contributed by atoms with Crippen LogP contribution in [-0.4, -0.2) is 43.0 Å². The topological polar surface area (TPSA) is 119 Å². The van der Waals surface area contributed by atoms with Crippen LogP contribution in [0.2, 0.25) is 0 Å². The van der Waals surface area contributed by atoms with Gasteiger partial charge in [-0.3, -0.25) is 9.59 Å². The van der Waals surface area contributed by atoms with Crippen molar-refractivity contribution in [1.82, 2.24) is 15.6 Å². The van der Waals surface area contributed by atoms with Gasteiger partial charge in [0.1, 0.15) is 17.7 Å². The van der Waals surface area contributed by atoms with Gasteiger partial charge in [0.05, 0.1) is 18.7 Å². The maximum absolute atomic E-state index is 11.4. The molecule has 0 radical (unpaired) electrons. The maximum atomic E-state index is 11.4. The molecular weight excluding hydrogens is 284 g/mol. The van der Waals surface area contributed by atoms with Crippen LogP contribution in [0.5, 0.6) is 0 Å². The van der Waals surface area contributed by atoms with Gasteiger partial charge in [0.15, 0.2) is 0 Å². The number of nitrogens with one attached hydrogen (secondary N) is 4. The van der Waals surface area contributed by atoms with Gasteiger partial charge < -0.3 is 21.3 Å². The monoisotopic (exact) mass is 304 g/mol. The van der Waals surface area contributed by atoms with E-state index in [-0.39, 0.29) is 24.9 Å². The smallest absolute Gasteiger partial charge is 0.239 e. The second-order valence-corrected chi connectivity index (χ2v) is 4.32. The van der Waals surface area contributed by atoms with Crippen LogP contribution in [-0.2, 0) is 9.59 Å². The van der Waals surface area contributed by atoms with Crippen LogP contribution in [0.4, 0.5) is 11.6 Å². The molecule has 2 amide bonds. The van der Waals surface area contributed by atoms with Crippen molar-refractivity contribution in [2.24, 2.45) is 0 Å². The number of amides is 2. The Hall–Kier alpha value is -2.82. The fourth-order valence-electron chi connectivity index (χ4n) is 1.64. The Morgan fingerprint density at radius 2 is 1.68 bits per heavy atom. The number of hydrogen-bond acceptors (Lipinski definition) is 6. The molecule has 1 heterocycles. The first-order valence-corrected chi connectivity index (χ1v) is 7.03. The van der Waals surface area contributed by atoms with Crippen LogP contribution in [0, 0.1) is 11.3 Å². The second-order valence-electron chi connectivity index (χ2n) is 4.32. The molecule has 0 saturated heterocycles. The zero-order valence-electron chi connectivity index (χ0n) is 12.7. The summed E-state index contributed by atoms with van der Waals surface area (Å²) in [5.74, 6) is 0.415. The summed E-state index contributed by atoms with van der Waals surface area (Å²) < 4.78 is 0. The lowest BCUT2D eigenvalue weighted by Crippen LogP contribution is -2.30. The van der Waals surface area contributed by atoms with E-state index < -0.39 is 0 Å². The van der Waals surface area contributed by atoms with E-state index in [9.17, 15) is 9.59 Å². The third kappa shape index (κ3) is 5.66. The number of nitrogens with zero attached hydrogens (tertiary/aromatic N) is 2. The van der Waals surface area contributed by atoms with E-state index >= 15 is 0 Å². The molecule has 0 bridgehead atoms. The van der Waals surface area contributed by atoms with E-state index in [1.165, 1.54) is 0 Å². The molecule has 0 spiro atoms. The minimum absolute atomic E-state index is 0.0231. The molecule has 0 unspecified atom stereocenters. The summed E-state index contributed by atoms with van der Waals surface area (Å²) in [6, 6.07) is 5.18. The van der Waals surface area contributed by atoms with Gasteiger partial charge in [-0.25, -0.2) is 4.98 Å². The normalized spacial score (nSPS) is 9.50. The molecule has 22 heavy (non-hydrogen) atoms. The Morgan fingerprint density at radius 3 is 2.23 bits per heavy atom. The van der Waals surface area contributed by atoms with Crippen LogP contribution in [0.3, 0.4) is 0 Å².